The number of ether oxygens (including phenoxy) is 1. The first-order valence-electron chi connectivity index (χ1n) is 9.22. The minimum atomic E-state index is 0.375. The van der Waals surface area contributed by atoms with Crippen LogP contribution in [0.4, 0.5) is 5.82 Å². The van der Waals surface area contributed by atoms with Gasteiger partial charge in [0.25, 0.3) is 0 Å². The quantitative estimate of drug-likeness (QED) is 0.638. The number of pyridine rings is 1. The number of carbonyl (C=O) groups is 1. The molecule has 0 aliphatic carbocycles. The van der Waals surface area contributed by atoms with Crippen molar-refractivity contribution in [2.75, 3.05) is 11.5 Å². The summed E-state index contributed by atoms with van der Waals surface area (Å²) in [5.74, 6) is 1.43. The van der Waals surface area contributed by atoms with E-state index in [0.717, 1.165) is 42.6 Å². The standard InChI is InChI=1S/C21H25ClN2O2/c1-4-11-26-20-12-16(7-9-18(20)22)19-10-8-17(13-25)21(23-19)24-14(2)5-6-15(24)3/h7-10,12-15H,4-6,11H2,1-3H3/t14-,15+. The molecule has 4 nitrogen and oxygen atoms in total. The van der Waals surface area contributed by atoms with Crippen molar-refractivity contribution in [1.29, 1.82) is 0 Å². The molecule has 5 heteroatoms. The van der Waals surface area contributed by atoms with E-state index in [0.29, 0.717) is 35.0 Å². The van der Waals surface area contributed by atoms with Crippen molar-refractivity contribution in [1.82, 2.24) is 4.98 Å². The average Bonchev–Trinajstić information content (AvgIpc) is 2.98. The predicted octanol–water partition coefficient (Wildman–Crippen LogP) is 5.38. The van der Waals surface area contributed by atoms with Crippen molar-refractivity contribution in [3.63, 3.8) is 0 Å². The first-order valence-corrected chi connectivity index (χ1v) is 9.60. The van der Waals surface area contributed by atoms with Gasteiger partial charge in [-0.2, -0.15) is 0 Å². The molecular formula is C21H25ClN2O2. The van der Waals surface area contributed by atoms with Gasteiger partial charge >= 0.3 is 0 Å². The highest BCUT2D eigenvalue weighted by Gasteiger charge is 2.30. The summed E-state index contributed by atoms with van der Waals surface area (Å²) in [6, 6.07) is 10.2. The third-order valence-corrected chi connectivity index (χ3v) is 5.23. The van der Waals surface area contributed by atoms with E-state index in [9.17, 15) is 4.79 Å². The molecule has 3 rings (SSSR count). The van der Waals surface area contributed by atoms with Gasteiger partial charge < -0.3 is 9.64 Å². The zero-order valence-electron chi connectivity index (χ0n) is 15.5. The SMILES string of the molecule is CCCOc1cc(-c2ccc(C=O)c(N3[C@H](C)CC[C@@H]3C)n2)ccc1Cl. The Morgan fingerprint density at radius 2 is 1.96 bits per heavy atom. The van der Waals surface area contributed by atoms with Gasteiger partial charge in [0.05, 0.1) is 22.9 Å². The van der Waals surface area contributed by atoms with Gasteiger partial charge in [0.15, 0.2) is 6.29 Å². The molecule has 1 aliphatic rings. The van der Waals surface area contributed by atoms with Crippen LogP contribution in [0.2, 0.25) is 5.02 Å². The summed E-state index contributed by atoms with van der Waals surface area (Å²) in [4.78, 5) is 18.7. The Balaban J connectivity index is 2.01. The predicted molar refractivity (Wildman–Crippen MR) is 106 cm³/mol. The number of aromatic nitrogens is 1. The molecule has 2 atom stereocenters. The second-order valence-corrected chi connectivity index (χ2v) is 7.31. The van der Waals surface area contributed by atoms with Crippen LogP contribution >= 0.6 is 11.6 Å². The minimum absolute atomic E-state index is 0.375. The lowest BCUT2D eigenvalue weighted by atomic mass is 10.1. The molecule has 1 aromatic carbocycles. The largest absolute Gasteiger partial charge is 0.492 e. The van der Waals surface area contributed by atoms with Crippen molar-refractivity contribution in [3.05, 3.63) is 40.9 Å². The number of aldehydes is 1. The van der Waals surface area contributed by atoms with Crippen molar-refractivity contribution in [3.8, 4) is 17.0 Å². The van der Waals surface area contributed by atoms with Crippen molar-refractivity contribution >= 4 is 23.7 Å². The number of anilines is 1. The number of nitrogens with zero attached hydrogens (tertiary/aromatic N) is 2. The van der Waals surface area contributed by atoms with E-state index in [1.165, 1.54) is 0 Å². The van der Waals surface area contributed by atoms with Crippen LogP contribution in [0.25, 0.3) is 11.3 Å². The second-order valence-electron chi connectivity index (χ2n) is 6.90. The van der Waals surface area contributed by atoms with Gasteiger partial charge in [0, 0.05) is 17.6 Å². The molecule has 1 aliphatic heterocycles. The van der Waals surface area contributed by atoms with Crippen LogP contribution in [0.1, 0.15) is 50.4 Å². The lowest BCUT2D eigenvalue weighted by Crippen LogP contribution is -2.34. The molecule has 26 heavy (non-hydrogen) atoms. The smallest absolute Gasteiger partial charge is 0.153 e. The van der Waals surface area contributed by atoms with Gasteiger partial charge in [-0.1, -0.05) is 24.6 Å². The van der Waals surface area contributed by atoms with Crippen LogP contribution in [-0.4, -0.2) is 30.0 Å². The van der Waals surface area contributed by atoms with Crippen LogP contribution in [0, 0.1) is 0 Å². The van der Waals surface area contributed by atoms with E-state index in [2.05, 4.69) is 25.7 Å². The molecular weight excluding hydrogens is 348 g/mol. The second kappa shape index (κ2) is 8.09. The third kappa shape index (κ3) is 3.70. The van der Waals surface area contributed by atoms with Crippen molar-refractivity contribution in [2.24, 2.45) is 0 Å². The normalized spacial score (nSPS) is 19.6. The molecule has 0 radical (unpaired) electrons. The maximum absolute atomic E-state index is 11.6. The summed E-state index contributed by atoms with van der Waals surface area (Å²) in [5, 5.41) is 0.591. The summed E-state index contributed by atoms with van der Waals surface area (Å²) in [6.45, 7) is 7.05. The van der Waals surface area contributed by atoms with E-state index in [4.69, 9.17) is 21.3 Å². The number of benzene rings is 1. The molecule has 0 unspecified atom stereocenters. The van der Waals surface area contributed by atoms with Gasteiger partial charge in [-0.3, -0.25) is 4.79 Å². The summed E-state index contributed by atoms with van der Waals surface area (Å²) >= 11 is 6.24. The van der Waals surface area contributed by atoms with Crippen molar-refractivity contribution in [2.45, 2.75) is 52.1 Å². The number of rotatable bonds is 6. The van der Waals surface area contributed by atoms with Crippen LogP contribution in [0.15, 0.2) is 30.3 Å². The molecule has 2 heterocycles. The molecule has 1 saturated heterocycles. The minimum Gasteiger partial charge on any atom is -0.492 e. The molecule has 2 aromatic rings. The average molecular weight is 373 g/mol. The van der Waals surface area contributed by atoms with Gasteiger partial charge in [-0.25, -0.2) is 4.98 Å². The van der Waals surface area contributed by atoms with E-state index in [1.54, 1.807) is 0 Å². The number of carbonyl (C=O) groups excluding carboxylic acids is 1. The highest BCUT2D eigenvalue weighted by Crippen LogP contribution is 2.34. The van der Waals surface area contributed by atoms with Gasteiger partial charge in [-0.15, -0.1) is 0 Å². The lowest BCUT2D eigenvalue weighted by Gasteiger charge is -2.29. The molecule has 0 N–H and O–H groups in total. The first kappa shape index (κ1) is 18.7. The molecule has 0 amide bonds. The fourth-order valence-corrected chi connectivity index (χ4v) is 3.69. The molecule has 1 aromatic heterocycles. The van der Waals surface area contributed by atoms with E-state index in [-0.39, 0.29) is 0 Å². The Morgan fingerprint density at radius 1 is 1.23 bits per heavy atom. The topological polar surface area (TPSA) is 42.4 Å². The number of hydrogen-bond donors (Lipinski definition) is 0. The van der Waals surface area contributed by atoms with Crippen molar-refractivity contribution < 1.29 is 9.53 Å². The maximum Gasteiger partial charge on any atom is 0.153 e. The molecule has 0 saturated carbocycles. The summed E-state index contributed by atoms with van der Waals surface area (Å²) in [6.07, 6.45) is 4.03. The number of halogens is 1. The molecule has 138 valence electrons. The summed E-state index contributed by atoms with van der Waals surface area (Å²) in [5.41, 5.74) is 2.37. The molecule has 1 fully saturated rings. The zero-order chi connectivity index (χ0) is 18.7. The lowest BCUT2D eigenvalue weighted by molar-refractivity contribution is 0.112. The molecule has 0 spiro atoms. The van der Waals surface area contributed by atoms with Crippen LogP contribution < -0.4 is 9.64 Å². The molecule has 0 bridgehead atoms. The first-order chi connectivity index (χ1) is 12.5. The van der Waals surface area contributed by atoms with E-state index >= 15 is 0 Å². The van der Waals surface area contributed by atoms with Crippen LogP contribution in [0.5, 0.6) is 5.75 Å². The number of hydrogen-bond acceptors (Lipinski definition) is 4. The monoisotopic (exact) mass is 372 g/mol. The summed E-state index contributed by atoms with van der Waals surface area (Å²) < 4.78 is 5.73. The highest BCUT2D eigenvalue weighted by molar-refractivity contribution is 6.32. The summed E-state index contributed by atoms with van der Waals surface area (Å²) in [7, 11) is 0. The Morgan fingerprint density at radius 3 is 2.62 bits per heavy atom. The maximum atomic E-state index is 11.6. The van der Waals surface area contributed by atoms with Crippen LogP contribution in [0.3, 0.4) is 0 Å². The van der Waals surface area contributed by atoms with Gasteiger partial charge in [0.2, 0.25) is 0 Å². The Kier molecular flexibility index (Phi) is 5.82. The fraction of sp³-hybridized carbons (Fsp3) is 0.429. The highest BCUT2D eigenvalue weighted by atomic mass is 35.5. The van der Waals surface area contributed by atoms with Gasteiger partial charge in [-0.05, 0) is 57.4 Å². The Bertz CT molecular complexity index is 784. The van der Waals surface area contributed by atoms with Crippen LogP contribution in [-0.2, 0) is 0 Å². The fourth-order valence-electron chi connectivity index (χ4n) is 3.52. The Hall–Kier alpha value is -2.07. The zero-order valence-corrected chi connectivity index (χ0v) is 16.3. The Labute approximate surface area is 160 Å². The van der Waals surface area contributed by atoms with Gasteiger partial charge in [0.1, 0.15) is 11.6 Å². The third-order valence-electron chi connectivity index (χ3n) is 4.92. The van der Waals surface area contributed by atoms with E-state index < -0.39 is 0 Å². The van der Waals surface area contributed by atoms with E-state index in [1.807, 2.05) is 30.3 Å².